The monoisotopic (exact) mass is 251 g/mol. The molecule has 0 fully saturated rings. The topological polar surface area (TPSA) is 77.2 Å². The summed E-state index contributed by atoms with van der Waals surface area (Å²) in [4.78, 5) is 16.1. The number of rotatable bonds is 7. The summed E-state index contributed by atoms with van der Waals surface area (Å²) in [6, 6.07) is 3.38. The first-order valence-corrected chi connectivity index (χ1v) is 6.29. The lowest BCUT2D eigenvalue weighted by Gasteiger charge is -2.07. The number of hydrogen-bond donors (Lipinski definition) is 2. The predicted molar refractivity (Wildman–Crippen MR) is 71.5 cm³/mol. The average Bonchev–Trinajstić information content (AvgIpc) is 2.34. The van der Waals surface area contributed by atoms with Gasteiger partial charge in [0.15, 0.2) is 0 Å². The van der Waals surface area contributed by atoms with Crippen LogP contribution in [0.25, 0.3) is 0 Å². The minimum atomic E-state index is -0.138. The smallest absolute Gasteiger partial charge is 0.251 e. The molecule has 0 saturated heterocycles. The molecule has 5 nitrogen and oxygen atoms in total. The maximum absolute atomic E-state index is 11.9. The summed E-state index contributed by atoms with van der Waals surface area (Å²) in [6.07, 6.45) is 1.80. The molecule has 0 aromatic carbocycles. The normalized spacial score (nSPS) is 10.3. The minimum absolute atomic E-state index is 0.138. The van der Waals surface area contributed by atoms with Gasteiger partial charge in [0.2, 0.25) is 0 Å². The maximum atomic E-state index is 11.9. The van der Waals surface area contributed by atoms with E-state index in [4.69, 9.17) is 10.5 Å². The van der Waals surface area contributed by atoms with E-state index in [9.17, 15) is 4.79 Å². The zero-order valence-corrected chi connectivity index (χ0v) is 11.0. The fraction of sp³-hybridized carbons (Fsp3) is 0.538. The summed E-state index contributed by atoms with van der Waals surface area (Å²) in [6.45, 7) is 5.65. The van der Waals surface area contributed by atoms with Gasteiger partial charge in [-0.15, -0.1) is 0 Å². The van der Waals surface area contributed by atoms with Crippen molar-refractivity contribution >= 4 is 11.7 Å². The van der Waals surface area contributed by atoms with Crippen LogP contribution in [-0.2, 0) is 11.2 Å². The van der Waals surface area contributed by atoms with Crippen molar-refractivity contribution in [2.75, 3.05) is 25.5 Å². The number of nitrogens with zero attached hydrogens (tertiary/aromatic N) is 1. The summed E-state index contributed by atoms with van der Waals surface area (Å²) in [7, 11) is 0. The van der Waals surface area contributed by atoms with Crippen molar-refractivity contribution in [2.24, 2.45) is 0 Å². The summed E-state index contributed by atoms with van der Waals surface area (Å²) in [5.41, 5.74) is 7.10. The lowest BCUT2D eigenvalue weighted by atomic mass is 10.1. The zero-order valence-electron chi connectivity index (χ0n) is 11.0. The van der Waals surface area contributed by atoms with Crippen LogP contribution in [0.1, 0.15) is 36.3 Å². The van der Waals surface area contributed by atoms with Crippen molar-refractivity contribution in [1.29, 1.82) is 0 Å². The number of ether oxygens (including phenoxy) is 1. The van der Waals surface area contributed by atoms with Gasteiger partial charge in [-0.2, -0.15) is 0 Å². The molecule has 0 atom stereocenters. The van der Waals surface area contributed by atoms with Crippen molar-refractivity contribution in [3.63, 3.8) is 0 Å². The highest BCUT2D eigenvalue weighted by Crippen LogP contribution is 2.09. The third-order valence-corrected chi connectivity index (χ3v) is 2.40. The molecule has 1 rings (SSSR count). The number of nitrogens with one attached hydrogen (secondary N) is 1. The van der Waals surface area contributed by atoms with Gasteiger partial charge in [-0.3, -0.25) is 4.79 Å². The molecule has 5 heteroatoms. The second kappa shape index (κ2) is 7.66. The van der Waals surface area contributed by atoms with E-state index in [0.717, 1.165) is 18.5 Å². The number of carbonyl (C=O) groups is 1. The van der Waals surface area contributed by atoms with E-state index in [-0.39, 0.29) is 5.91 Å². The molecule has 1 aromatic heterocycles. The third-order valence-electron chi connectivity index (χ3n) is 2.40. The van der Waals surface area contributed by atoms with Gasteiger partial charge in [0.1, 0.15) is 5.82 Å². The van der Waals surface area contributed by atoms with Gasteiger partial charge in [-0.25, -0.2) is 4.98 Å². The summed E-state index contributed by atoms with van der Waals surface area (Å²) < 4.78 is 5.15. The highest BCUT2D eigenvalue weighted by Gasteiger charge is 2.08. The molecule has 0 aliphatic rings. The first kappa shape index (κ1) is 14.4. The van der Waals surface area contributed by atoms with E-state index in [1.807, 2.05) is 6.92 Å². The van der Waals surface area contributed by atoms with Crippen LogP contribution in [0.5, 0.6) is 0 Å². The molecule has 18 heavy (non-hydrogen) atoms. The first-order valence-electron chi connectivity index (χ1n) is 6.29. The Kier molecular flexibility index (Phi) is 6.14. The number of nitrogen functional groups attached to an aromatic ring is 1. The van der Waals surface area contributed by atoms with Crippen LogP contribution in [-0.4, -0.2) is 30.6 Å². The highest BCUT2D eigenvalue weighted by molar-refractivity contribution is 5.94. The van der Waals surface area contributed by atoms with E-state index < -0.39 is 0 Å². The molecule has 1 aromatic rings. The van der Waals surface area contributed by atoms with Crippen molar-refractivity contribution in [3.8, 4) is 0 Å². The molecule has 3 N–H and O–H groups in total. The zero-order chi connectivity index (χ0) is 13.4. The number of carbonyl (C=O) groups excluding carboxylic acids is 1. The van der Waals surface area contributed by atoms with Crippen LogP contribution in [0.3, 0.4) is 0 Å². The Hall–Kier alpha value is -1.62. The summed E-state index contributed by atoms with van der Waals surface area (Å²) in [5.74, 6) is 0.247. The van der Waals surface area contributed by atoms with Crippen LogP contribution >= 0.6 is 0 Å². The van der Waals surface area contributed by atoms with E-state index in [1.54, 1.807) is 12.1 Å². The van der Waals surface area contributed by atoms with Gasteiger partial charge in [0.05, 0.1) is 6.61 Å². The van der Waals surface area contributed by atoms with Crippen molar-refractivity contribution in [3.05, 3.63) is 23.4 Å². The highest BCUT2D eigenvalue weighted by atomic mass is 16.5. The van der Waals surface area contributed by atoms with E-state index in [2.05, 4.69) is 17.2 Å². The Morgan fingerprint density at radius 2 is 2.22 bits per heavy atom. The van der Waals surface area contributed by atoms with Gasteiger partial charge in [-0.05, 0) is 25.5 Å². The molecular weight excluding hydrogens is 230 g/mol. The number of amides is 1. The predicted octanol–water partition coefficient (Wildman–Crippen LogP) is 1.38. The average molecular weight is 251 g/mol. The van der Waals surface area contributed by atoms with Crippen LogP contribution in [0.2, 0.25) is 0 Å². The number of pyridine rings is 1. The molecule has 0 saturated carbocycles. The first-order chi connectivity index (χ1) is 8.67. The lowest BCUT2D eigenvalue weighted by Crippen LogP contribution is -2.27. The van der Waals surface area contributed by atoms with Crippen LogP contribution in [0.15, 0.2) is 12.1 Å². The Morgan fingerprint density at radius 3 is 2.89 bits per heavy atom. The van der Waals surface area contributed by atoms with Crippen molar-refractivity contribution < 1.29 is 9.53 Å². The molecular formula is C13H21N3O2. The molecule has 0 unspecified atom stereocenters. The molecule has 1 heterocycles. The molecule has 0 radical (unpaired) electrons. The number of aryl methyl sites for hydroxylation is 1. The molecule has 100 valence electrons. The third kappa shape index (κ3) is 4.71. The SMILES string of the molecule is CCCc1cc(C(=O)NCCOCC)cc(N)n1. The van der Waals surface area contributed by atoms with Crippen LogP contribution < -0.4 is 11.1 Å². The molecule has 0 aliphatic heterocycles. The number of aromatic nitrogens is 1. The number of anilines is 1. The van der Waals surface area contributed by atoms with Gasteiger partial charge in [0.25, 0.3) is 5.91 Å². The standard InChI is InChI=1S/C13H21N3O2/c1-3-5-11-8-10(9-12(14)16-11)13(17)15-6-7-18-4-2/h8-9H,3-7H2,1-2H3,(H2,14,16)(H,15,17). The molecule has 0 bridgehead atoms. The number of nitrogens with two attached hydrogens (primary N) is 1. The van der Waals surface area contributed by atoms with E-state index >= 15 is 0 Å². The summed E-state index contributed by atoms with van der Waals surface area (Å²) >= 11 is 0. The fourth-order valence-electron chi connectivity index (χ4n) is 1.61. The Bertz CT molecular complexity index is 394. The molecule has 1 amide bonds. The van der Waals surface area contributed by atoms with E-state index in [0.29, 0.717) is 31.1 Å². The Balaban J connectivity index is 2.61. The largest absolute Gasteiger partial charge is 0.384 e. The van der Waals surface area contributed by atoms with Crippen LogP contribution in [0, 0.1) is 0 Å². The Labute approximate surface area is 108 Å². The lowest BCUT2D eigenvalue weighted by molar-refractivity contribution is 0.0922. The second-order valence-corrected chi connectivity index (χ2v) is 3.97. The van der Waals surface area contributed by atoms with Gasteiger partial charge in [-0.1, -0.05) is 13.3 Å². The van der Waals surface area contributed by atoms with Crippen molar-refractivity contribution in [1.82, 2.24) is 10.3 Å². The molecule has 0 aliphatic carbocycles. The quantitative estimate of drug-likeness (QED) is 0.718. The van der Waals surface area contributed by atoms with Gasteiger partial charge < -0.3 is 15.8 Å². The van der Waals surface area contributed by atoms with Gasteiger partial charge in [0, 0.05) is 24.4 Å². The van der Waals surface area contributed by atoms with Crippen molar-refractivity contribution in [2.45, 2.75) is 26.7 Å². The number of hydrogen-bond acceptors (Lipinski definition) is 4. The van der Waals surface area contributed by atoms with Gasteiger partial charge >= 0.3 is 0 Å². The summed E-state index contributed by atoms with van der Waals surface area (Å²) in [5, 5.41) is 2.78. The Morgan fingerprint density at radius 1 is 1.44 bits per heavy atom. The van der Waals surface area contributed by atoms with E-state index in [1.165, 1.54) is 0 Å². The molecule has 0 spiro atoms. The maximum Gasteiger partial charge on any atom is 0.251 e. The fourth-order valence-corrected chi connectivity index (χ4v) is 1.61. The van der Waals surface area contributed by atoms with Crippen LogP contribution in [0.4, 0.5) is 5.82 Å². The second-order valence-electron chi connectivity index (χ2n) is 3.97. The minimum Gasteiger partial charge on any atom is -0.384 e.